The fourth-order valence-electron chi connectivity index (χ4n) is 0.925. The Morgan fingerprint density at radius 2 is 1.50 bits per heavy atom. The Balaban J connectivity index is 0. The van der Waals surface area contributed by atoms with Crippen LogP contribution in [0.5, 0.6) is 0 Å². The zero-order chi connectivity index (χ0) is 13.0. The van der Waals surface area contributed by atoms with E-state index in [1.54, 1.807) is 0 Å². The predicted octanol–water partition coefficient (Wildman–Crippen LogP) is 2.94. The van der Waals surface area contributed by atoms with Crippen LogP contribution in [0.2, 0.25) is 0 Å². The van der Waals surface area contributed by atoms with E-state index in [4.69, 9.17) is 15.6 Å². The van der Waals surface area contributed by atoms with Gasteiger partial charge in [-0.15, -0.1) is 0 Å². The highest BCUT2D eigenvalue weighted by Crippen LogP contribution is 2.13. The molecule has 0 unspecified atom stereocenters. The molecule has 3 N–H and O–H groups in total. The van der Waals surface area contributed by atoms with Gasteiger partial charge in [0.05, 0.1) is 0 Å². The first-order valence-corrected chi connectivity index (χ1v) is 5.36. The molecule has 16 heavy (non-hydrogen) atoms. The Morgan fingerprint density at radius 1 is 1.12 bits per heavy atom. The normalized spacial score (nSPS) is 10.6. The Labute approximate surface area is 93.8 Å². The Kier molecular flexibility index (Phi) is 11.8. The molecule has 0 radical (unpaired) electrons. The van der Waals surface area contributed by atoms with Crippen LogP contribution in [0.3, 0.4) is 0 Å². The average molecular weight is 243 g/mol. The number of carboxylic acids is 1. The van der Waals surface area contributed by atoms with Crippen LogP contribution in [-0.2, 0) is 4.79 Å². The fourth-order valence-corrected chi connectivity index (χ4v) is 0.925. The molecule has 0 rings (SSSR count). The van der Waals surface area contributed by atoms with Crippen molar-refractivity contribution in [3.8, 4) is 0 Å². The van der Waals surface area contributed by atoms with E-state index >= 15 is 0 Å². The molecule has 0 aromatic heterocycles. The van der Waals surface area contributed by atoms with Gasteiger partial charge in [-0.05, 0) is 13.0 Å². The van der Waals surface area contributed by atoms with Gasteiger partial charge in [0.15, 0.2) is 0 Å². The van der Waals surface area contributed by atoms with Crippen LogP contribution in [0.25, 0.3) is 0 Å². The highest BCUT2D eigenvalue weighted by Gasteiger charge is 2.38. The monoisotopic (exact) mass is 243 g/mol. The van der Waals surface area contributed by atoms with Crippen LogP contribution in [-0.4, -0.2) is 23.8 Å². The Bertz CT molecular complexity index is 166. The first-order valence-electron chi connectivity index (χ1n) is 5.36. The third kappa shape index (κ3) is 15.7. The molecule has 0 atom stereocenters. The average Bonchev–Trinajstić information content (AvgIpc) is 2.17. The first kappa shape index (κ1) is 17.6. The van der Waals surface area contributed by atoms with Crippen LogP contribution >= 0.6 is 0 Å². The Morgan fingerprint density at radius 3 is 1.81 bits per heavy atom. The van der Waals surface area contributed by atoms with E-state index in [1.807, 2.05) is 0 Å². The summed E-state index contributed by atoms with van der Waals surface area (Å²) >= 11 is 0. The van der Waals surface area contributed by atoms with E-state index in [1.165, 1.54) is 38.5 Å². The molecule has 0 saturated carbocycles. The summed E-state index contributed by atoms with van der Waals surface area (Å²) in [6, 6.07) is 0. The number of hydrogen-bond acceptors (Lipinski definition) is 2. The number of nitrogens with two attached hydrogens (primary N) is 1. The maximum atomic E-state index is 10.6. The van der Waals surface area contributed by atoms with Gasteiger partial charge in [0.1, 0.15) is 0 Å². The van der Waals surface area contributed by atoms with Gasteiger partial charge in [-0.2, -0.15) is 13.2 Å². The maximum absolute atomic E-state index is 10.6. The number of alkyl halides is 3. The second-order valence-corrected chi connectivity index (χ2v) is 3.36. The summed E-state index contributed by atoms with van der Waals surface area (Å²) in [6.45, 7) is 3.11. The van der Waals surface area contributed by atoms with E-state index in [-0.39, 0.29) is 0 Å². The molecule has 0 spiro atoms. The van der Waals surface area contributed by atoms with Gasteiger partial charge in [0.25, 0.3) is 0 Å². The van der Waals surface area contributed by atoms with Crippen LogP contribution in [0.15, 0.2) is 0 Å². The SMILES string of the molecule is CCCCCCCCN.O=C(O)C(F)(F)F. The van der Waals surface area contributed by atoms with Crippen molar-refractivity contribution in [3.05, 3.63) is 0 Å². The predicted molar refractivity (Wildman–Crippen MR) is 56.1 cm³/mol. The Hall–Kier alpha value is -0.780. The van der Waals surface area contributed by atoms with Crippen molar-refractivity contribution in [1.29, 1.82) is 0 Å². The van der Waals surface area contributed by atoms with Gasteiger partial charge in [0.2, 0.25) is 0 Å². The standard InChI is InChI=1S/C8H19N.C2HF3O2/c1-2-3-4-5-6-7-8-9;3-2(4,5)1(6)7/h2-9H2,1H3;(H,6,7). The molecular formula is C10H20F3NO2. The summed E-state index contributed by atoms with van der Waals surface area (Å²) in [5.41, 5.74) is 5.34. The molecule has 0 amide bonds. The summed E-state index contributed by atoms with van der Waals surface area (Å²) in [4.78, 5) is 8.90. The van der Waals surface area contributed by atoms with Gasteiger partial charge in [-0.25, -0.2) is 4.79 Å². The fraction of sp³-hybridized carbons (Fsp3) is 0.900. The lowest BCUT2D eigenvalue weighted by Gasteiger charge is -1.96. The molecule has 0 heterocycles. The summed E-state index contributed by atoms with van der Waals surface area (Å²) in [7, 11) is 0. The highest BCUT2D eigenvalue weighted by atomic mass is 19.4. The number of carbonyl (C=O) groups is 1. The van der Waals surface area contributed by atoms with Crippen molar-refractivity contribution >= 4 is 5.97 Å². The van der Waals surface area contributed by atoms with E-state index in [9.17, 15) is 13.2 Å². The second kappa shape index (κ2) is 10.7. The van der Waals surface area contributed by atoms with Gasteiger partial charge < -0.3 is 10.8 Å². The van der Waals surface area contributed by atoms with Gasteiger partial charge in [-0.1, -0.05) is 39.0 Å². The topological polar surface area (TPSA) is 63.3 Å². The van der Waals surface area contributed by atoms with Crippen LogP contribution in [0, 0.1) is 0 Å². The third-order valence-electron chi connectivity index (χ3n) is 1.80. The number of carboxylic acid groups (broad SMARTS) is 1. The summed E-state index contributed by atoms with van der Waals surface area (Å²) < 4.78 is 31.7. The first-order chi connectivity index (χ1) is 7.36. The summed E-state index contributed by atoms with van der Waals surface area (Å²) in [6.07, 6.45) is 2.97. The maximum Gasteiger partial charge on any atom is 0.490 e. The van der Waals surface area contributed by atoms with E-state index in [2.05, 4.69) is 6.92 Å². The number of unbranched alkanes of at least 4 members (excludes halogenated alkanes) is 5. The van der Waals surface area contributed by atoms with Crippen molar-refractivity contribution in [2.24, 2.45) is 5.73 Å². The molecule has 0 saturated heterocycles. The summed E-state index contributed by atoms with van der Waals surface area (Å²) in [5.74, 6) is -2.76. The largest absolute Gasteiger partial charge is 0.490 e. The van der Waals surface area contributed by atoms with Crippen molar-refractivity contribution in [2.75, 3.05) is 6.54 Å². The van der Waals surface area contributed by atoms with E-state index in [0.717, 1.165) is 6.54 Å². The van der Waals surface area contributed by atoms with Crippen molar-refractivity contribution in [3.63, 3.8) is 0 Å². The lowest BCUT2D eigenvalue weighted by Crippen LogP contribution is -2.21. The highest BCUT2D eigenvalue weighted by molar-refractivity contribution is 5.73. The number of hydrogen-bond donors (Lipinski definition) is 2. The van der Waals surface area contributed by atoms with Gasteiger partial charge in [-0.3, -0.25) is 0 Å². The smallest absolute Gasteiger partial charge is 0.475 e. The van der Waals surface area contributed by atoms with E-state index < -0.39 is 12.1 Å². The minimum atomic E-state index is -5.08. The van der Waals surface area contributed by atoms with Gasteiger partial charge >= 0.3 is 12.1 Å². The van der Waals surface area contributed by atoms with Crippen LogP contribution in [0.1, 0.15) is 45.4 Å². The summed E-state index contributed by atoms with van der Waals surface area (Å²) in [5, 5.41) is 7.12. The molecule has 0 aromatic rings. The van der Waals surface area contributed by atoms with Gasteiger partial charge in [0, 0.05) is 0 Å². The number of aliphatic carboxylic acids is 1. The minimum Gasteiger partial charge on any atom is -0.475 e. The molecule has 0 fully saturated rings. The molecule has 6 heteroatoms. The molecule has 3 nitrogen and oxygen atoms in total. The van der Waals surface area contributed by atoms with E-state index in [0.29, 0.717) is 0 Å². The molecule has 98 valence electrons. The molecular weight excluding hydrogens is 223 g/mol. The number of rotatable bonds is 6. The van der Waals surface area contributed by atoms with Crippen molar-refractivity contribution < 1.29 is 23.1 Å². The third-order valence-corrected chi connectivity index (χ3v) is 1.80. The number of halogens is 3. The molecule has 0 aliphatic rings. The molecule has 0 aliphatic carbocycles. The molecule has 0 aliphatic heterocycles. The van der Waals surface area contributed by atoms with Crippen LogP contribution in [0.4, 0.5) is 13.2 Å². The second-order valence-electron chi connectivity index (χ2n) is 3.36. The van der Waals surface area contributed by atoms with Crippen LogP contribution < -0.4 is 5.73 Å². The zero-order valence-electron chi connectivity index (χ0n) is 9.52. The quantitative estimate of drug-likeness (QED) is 0.705. The minimum absolute atomic E-state index is 0.867. The van der Waals surface area contributed by atoms with Crippen molar-refractivity contribution in [2.45, 2.75) is 51.6 Å². The van der Waals surface area contributed by atoms with Crippen molar-refractivity contribution in [1.82, 2.24) is 0 Å². The molecule has 0 aromatic carbocycles. The zero-order valence-corrected chi connectivity index (χ0v) is 9.52. The molecule has 0 bridgehead atoms. The lowest BCUT2D eigenvalue weighted by molar-refractivity contribution is -0.192. The lowest BCUT2D eigenvalue weighted by atomic mass is 10.1.